The second-order valence-corrected chi connectivity index (χ2v) is 7.40. The summed E-state index contributed by atoms with van der Waals surface area (Å²) in [6, 6.07) is 2.93. The predicted molar refractivity (Wildman–Crippen MR) is 93.9 cm³/mol. The monoisotopic (exact) mass is 315 g/mol. The third kappa shape index (κ3) is 3.94. The van der Waals surface area contributed by atoms with Crippen LogP contribution in [-0.4, -0.2) is 53.6 Å². The Morgan fingerprint density at radius 3 is 2.65 bits per heavy atom. The van der Waals surface area contributed by atoms with Crippen molar-refractivity contribution in [2.75, 3.05) is 42.9 Å². The van der Waals surface area contributed by atoms with Crippen molar-refractivity contribution in [2.45, 2.75) is 51.0 Å². The summed E-state index contributed by atoms with van der Waals surface area (Å²) < 4.78 is 0. The van der Waals surface area contributed by atoms with E-state index in [-0.39, 0.29) is 0 Å². The molecule has 1 aromatic heterocycles. The van der Waals surface area contributed by atoms with Crippen LogP contribution < -0.4 is 10.2 Å². The molecule has 0 bridgehead atoms. The van der Waals surface area contributed by atoms with Gasteiger partial charge < -0.3 is 15.1 Å². The summed E-state index contributed by atoms with van der Waals surface area (Å²) in [5, 5.41) is 3.47. The van der Waals surface area contributed by atoms with E-state index in [4.69, 9.17) is 0 Å². The van der Waals surface area contributed by atoms with Crippen molar-refractivity contribution in [3.8, 4) is 0 Å². The maximum Gasteiger partial charge on any atom is 0.134 e. The third-order valence-corrected chi connectivity index (χ3v) is 5.60. The average Bonchev–Trinajstić information content (AvgIpc) is 3.33. The Morgan fingerprint density at radius 1 is 0.957 bits per heavy atom. The van der Waals surface area contributed by atoms with Gasteiger partial charge in [-0.1, -0.05) is 0 Å². The van der Waals surface area contributed by atoms with Crippen LogP contribution in [0.2, 0.25) is 0 Å². The van der Waals surface area contributed by atoms with E-state index in [1.54, 1.807) is 6.33 Å². The largest absolute Gasteiger partial charge is 0.370 e. The first-order valence-corrected chi connectivity index (χ1v) is 9.43. The number of hydrogen-bond acceptors (Lipinski definition) is 5. The van der Waals surface area contributed by atoms with Gasteiger partial charge in [0.05, 0.1) is 0 Å². The summed E-state index contributed by atoms with van der Waals surface area (Å²) in [5.41, 5.74) is 0. The Kier molecular flexibility index (Phi) is 4.64. The van der Waals surface area contributed by atoms with Crippen molar-refractivity contribution in [3.63, 3.8) is 0 Å². The molecule has 1 aromatic rings. The van der Waals surface area contributed by atoms with E-state index in [0.29, 0.717) is 0 Å². The van der Waals surface area contributed by atoms with E-state index in [2.05, 4.69) is 31.2 Å². The first-order valence-electron chi connectivity index (χ1n) is 9.43. The average molecular weight is 315 g/mol. The predicted octanol–water partition coefficient (Wildman–Crippen LogP) is 2.75. The highest BCUT2D eigenvalue weighted by molar-refractivity contribution is 5.48. The molecule has 0 spiro atoms. The van der Waals surface area contributed by atoms with E-state index in [9.17, 15) is 0 Å². The van der Waals surface area contributed by atoms with Crippen LogP contribution in [0.1, 0.15) is 44.9 Å². The molecule has 23 heavy (non-hydrogen) atoms. The molecule has 126 valence electrons. The number of likely N-dealkylation sites (tertiary alicyclic amines) is 1. The zero-order valence-electron chi connectivity index (χ0n) is 14.1. The minimum absolute atomic E-state index is 0.789. The lowest BCUT2D eigenvalue weighted by molar-refractivity contribution is 0.225. The van der Waals surface area contributed by atoms with Gasteiger partial charge in [0.2, 0.25) is 0 Å². The number of anilines is 2. The molecule has 4 rings (SSSR count). The first-order chi connectivity index (χ1) is 11.4. The topological polar surface area (TPSA) is 44.3 Å². The van der Waals surface area contributed by atoms with Crippen LogP contribution in [0.25, 0.3) is 0 Å². The summed E-state index contributed by atoms with van der Waals surface area (Å²) in [6.07, 6.45) is 11.1. The van der Waals surface area contributed by atoms with Gasteiger partial charge in [-0.2, -0.15) is 0 Å². The molecule has 0 unspecified atom stereocenters. The lowest BCUT2D eigenvalue weighted by Crippen LogP contribution is -2.34. The molecular formula is C18H29N5. The van der Waals surface area contributed by atoms with Gasteiger partial charge in [0.15, 0.2) is 0 Å². The Labute approximate surface area is 139 Å². The van der Waals surface area contributed by atoms with Crippen LogP contribution >= 0.6 is 0 Å². The summed E-state index contributed by atoms with van der Waals surface area (Å²) in [4.78, 5) is 14.1. The highest BCUT2D eigenvalue weighted by Gasteiger charge is 2.25. The second kappa shape index (κ2) is 7.04. The van der Waals surface area contributed by atoms with Crippen molar-refractivity contribution in [2.24, 2.45) is 5.92 Å². The second-order valence-electron chi connectivity index (χ2n) is 7.40. The standard InChI is InChI=1S/C18H29N5/c1-2-9-22(8-1)16-4-3-10-23(11-7-16)18-12-17(20-14-21-18)19-13-15-5-6-15/h12,14-16H,1-11,13H2,(H,19,20,21)/t16-/m0/s1. The highest BCUT2D eigenvalue weighted by atomic mass is 15.2. The lowest BCUT2D eigenvalue weighted by atomic mass is 10.1. The van der Waals surface area contributed by atoms with Crippen LogP contribution in [0.5, 0.6) is 0 Å². The zero-order valence-corrected chi connectivity index (χ0v) is 14.1. The molecule has 2 aliphatic heterocycles. The first kappa shape index (κ1) is 15.2. The normalized spacial score (nSPS) is 26.3. The number of aromatic nitrogens is 2. The van der Waals surface area contributed by atoms with Gasteiger partial charge in [-0.3, -0.25) is 0 Å². The van der Waals surface area contributed by atoms with Crippen LogP contribution in [0, 0.1) is 5.92 Å². The van der Waals surface area contributed by atoms with E-state index in [1.165, 1.54) is 58.0 Å². The maximum atomic E-state index is 4.53. The van der Waals surface area contributed by atoms with Gasteiger partial charge in [-0.05, 0) is 64.0 Å². The van der Waals surface area contributed by atoms with Gasteiger partial charge in [0.25, 0.3) is 0 Å². The minimum atomic E-state index is 0.789. The molecule has 0 amide bonds. The molecule has 2 saturated heterocycles. The molecule has 5 nitrogen and oxygen atoms in total. The van der Waals surface area contributed by atoms with Crippen molar-refractivity contribution in [1.82, 2.24) is 14.9 Å². The van der Waals surface area contributed by atoms with Gasteiger partial charge in [0, 0.05) is 31.7 Å². The third-order valence-electron chi connectivity index (χ3n) is 5.60. The number of rotatable bonds is 5. The smallest absolute Gasteiger partial charge is 0.134 e. The molecule has 5 heteroatoms. The molecular weight excluding hydrogens is 286 g/mol. The molecule has 0 aromatic carbocycles. The van der Waals surface area contributed by atoms with E-state index >= 15 is 0 Å². The Hall–Kier alpha value is -1.36. The Bertz CT molecular complexity index is 510. The quantitative estimate of drug-likeness (QED) is 0.905. The fourth-order valence-corrected chi connectivity index (χ4v) is 3.97. The van der Waals surface area contributed by atoms with Crippen molar-refractivity contribution in [3.05, 3.63) is 12.4 Å². The van der Waals surface area contributed by atoms with Crippen LogP contribution in [0.3, 0.4) is 0 Å². The van der Waals surface area contributed by atoms with Crippen molar-refractivity contribution >= 4 is 11.6 Å². The van der Waals surface area contributed by atoms with Crippen LogP contribution in [-0.2, 0) is 0 Å². The number of hydrogen-bond donors (Lipinski definition) is 1. The van der Waals surface area contributed by atoms with Crippen LogP contribution in [0.4, 0.5) is 11.6 Å². The van der Waals surface area contributed by atoms with Crippen molar-refractivity contribution in [1.29, 1.82) is 0 Å². The molecule has 1 atom stereocenters. The summed E-state index contributed by atoms with van der Waals surface area (Å²) in [5.74, 6) is 2.95. The van der Waals surface area contributed by atoms with Gasteiger partial charge in [-0.15, -0.1) is 0 Å². The van der Waals surface area contributed by atoms with Gasteiger partial charge in [0.1, 0.15) is 18.0 Å². The lowest BCUT2D eigenvalue weighted by Gasteiger charge is -2.26. The van der Waals surface area contributed by atoms with Gasteiger partial charge >= 0.3 is 0 Å². The van der Waals surface area contributed by atoms with Crippen LogP contribution in [0.15, 0.2) is 12.4 Å². The summed E-state index contributed by atoms with van der Waals surface area (Å²) in [6.45, 7) is 5.94. The summed E-state index contributed by atoms with van der Waals surface area (Å²) >= 11 is 0. The zero-order chi connectivity index (χ0) is 15.5. The number of nitrogens with one attached hydrogen (secondary N) is 1. The SMILES string of the molecule is c1nc(NCC2CC2)cc(N2CCC[C@H](N3CCCC3)CC2)n1. The highest BCUT2D eigenvalue weighted by Crippen LogP contribution is 2.29. The molecule has 1 saturated carbocycles. The Morgan fingerprint density at radius 2 is 1.83 bits per heavy atom. The maximum absolute atomic E-state index is 4.53. The fourth-order valence-electron chi connectivity index (χ4n) is 3.97. The summed E-state index contributed by atoms with van der Waals surface area (Å²) in [7, 11) is 0. The van der Waals surface area contributed by atoms with E-state index in [0.717, 1.165) is 43.2 Å². The van der Waals surface area contributed by atoms with Gasteiger partial charge in [-0.25, -0.2) is 9.97 Å². The fraction of sp³-hybridized carbons (Fsp3) is 0.778. The molecule has 3 aliphatic rings. The molecule has 1 aliphatic carbocycles. The minimum Gasteiger partial charge on any atom is -0.370 e. The molecule has 1 N–H and O–H groups in total. The van der Waals surface area contributed by atoms with E-state index in [1.807, 2.05) is 0 Å². The number of nitrogens with zero attached hydrogens (tertiary/aromatic N) is 4. The van der Waals surface area contributed by atoms with E-state index < -0.39 is 0 Å². The Balaban J connectivity index is 1.36. The van der Waals surface area contributed by atoms with Crippen molar-refractivity contribution < 1.29 is 0 Å². The molecule has 3 fully saturated rings. The molecule has 3 heterocycles. The molecule has 0 radical (unpaired) electrons.